The SMILES string of the molecule is CCOC(=O)CC1(C)Nc2cc(C)ccc2NC2=C1C(=O)CC2. The van der Waals surface area contributed by atoms with Crippen LogP contribution in [0.25, 0.3) is 0 Å². The molecule has 1 aromatic carbocycles. The monoisotopic (exact) mass is 314 g/mol. The number of allylic oxidation sites excluding steroid dienone is 1. The zero-order chi connectivity index (χ0) is 16.6. The molecule has 0 saturated heterocycles. The van der Waals surface area contributed by atoms with E-state index in [1.807, 2.05) is 32.0 Å². The number of rotatable bonds is 3. The predicted molar refractivity (Wildman–Crippen MR) is 89.3 cm³/mol. The maximum atomic E-state index is 12.4. The van der Waals surface area contributed by atoms with Crippen molar-refractivity contribution >= 4 is 23.1 Å². The van der Waals surface area contributed by atoms with Crippen LogP contribution in [0.3, 0.4) is 0 Å². The van der Waals surface area contributed by atoms with E-state index < -0.39 is 5.54 Å². The van der Waals surface area contributed by atoms with Crippen LogP contribution in [0, 0.1) is 6.92 Å². The molecule has 1 aliphatic carbocycles. The second-order valence-corrected chi connectivity index (χ2v) is 6.39. The molecule has 1 atom stereocenters. The molecule has 0 amide bonds. The quantitative estimate of drug-likeness (QED) is 0.839. The van der Waals surface area contributed by atoms with Gasteiger partial charge in [0, 0.05) is 17.7 Å². The fourth-order valence-corrected chi connectivity index (χ4v) is 3.45. The molecule has 122 valence electrons. The number of ether oxygens (including phenoxy) is 1. The number of aryl methyl sites for hydroxylation is 1. The molecule has 1 heterocycles. The summed E-state index contributed by atoms with van der Waals surface area (Å²) in [6, 6.07) is 6.05. The molecule has 5 nitrogen and oxygen atoms in total. The van der Waals surface area contributed by atoms with Gasteiger partial charge in [-0.2, -0.15) is 0 Å². The van der Waals surface area contributed by atoms with Gasteiger partial charge < -0.3 is 15.4 Å². The Labute approximate surface area is 136 Å². The van der Waals surface area contributed by atoms with Crippen molar-refractivity contribution in [2.24, 2.45) is 0 Å². The van der Waals surface area contributed by atoms with Gasteiger partial charge in [0.05, 0.1) is 29.9 Å². The highest BCUT2D eigenvalue weighted by molar-refractivity contribution is 6.04. The normalized spacial score (nSPS) is 22.7. The third-order valence-corrected chi connectivity index (χ3v) is 4.41. The summed E-state index contributed by atoms with van der Waals surface area (Å²) in [4.78, 5) is 24.5. The minimum absolute atomic E-state index is 0.0938. The van der Waals surface area contributed by atoms with Crippen molar-refractivity contribution in [1.82, 2.24) is 0 Å². The number of benzene rings is 1. The third-order valence-electron chi connectivity index (χ3n) is 4.41. The number of esters is 1. The molecular formula is C18H22N2O3. The lowest BCUT2D eigenvalue weighted by Gasteiger charge is -2.31. The Bertz CT molecular complexity index is 708. The molecule has 1 aromatic rings. The lowest BCUT2D eigenvalue weighted by Crippen LogP contribution is -2.41. The first-order chi connectivity index (χ1) is 10.9. The van der Waals surface area contributed by atoms with Gasteiger partial charge in [0.25, 0.3) is 0 Å². The second-order valence-electron chi connectivity index (χ2n) is 6.39. The van der Waals surface area contributed by atoms with Crippen LogP contribution in [0.5, 0.6) is 0 Å². The molecule has 1 aliphatic heterocycles. The minimum atomic E-state index is -0.763. The van der Waals surface area contributed by atoms with Crippen molar-refractivity contribution in [2.75, 3.05) is 17.2 Å². The van der Waals surface area contributed by atoms with E-state index in [4.69, 9.17) is 4.74 Å². The summed E-state index contributed by atoms with van der Waals surface area (Å²) < 4.78 is 5.11. The van der Waals surface area contributed by atoms with Crippen LogP contribution < -0.4 is 10.6 Å². The van der Waals surface area contributed by atoms with Gasteiger partial charge in [-0.3, -0.25) is 9.59 Å². The third kappa shape index (κ3) is 2.83. The number of nitrogens with one attached hydrogen (secondary N) is 2. The molecule has 0 saturated carbocycles. The van der Waals surface area contributed by atoms with Crippen LogP contribution in [-0.2, 0) is 14.3 Å². The summed E-state index contributed by atoms with van der Waals surface area (Å²) in [6.45, 7) is 6.04. The first-order valence-electron chi connectivity index (χ1n) is 8.01. The summed E-state index contributed by atoms with van der Waals surface area (Å²) in [5.41, 5.74) is 3.78. The number of carbonyl (C=O) groups excluding carboxylic acids is 2. The van der Waals surface area contributed by atoms with E-state index in [1.165, 1.54) is 0 Å². The molecule has 1 unspecified atom stereocenters. The molecule has 3 rings (SSSR count). The van der Waals surface area contributed by atoms with Crippen molar-refractivity contribution in [3.05, 3.63) is 35.0 Å². The van der Waals surface area contributed by atoms with E-state index in [0.29, 0.717) is 25.0 Å². The first kappa shape index (κ1) is 15.6. The van der Waals surface area contributed by atoms with Gasteiger partial charge in [-0.25, -0.2) is 0 Å². The molecule has 5 heteroatoms. The van der Waals surface area contributed by atoms with Crippen molar-refractivity contribution in [3.8, 4) is 0 Å². The standard InChI is InChI=1S/C18H22N2O3/c1-4-23-16(22)10-18(3)17-13(7-8-15(17)21)19-12-6-5-11(2)9-14(12)20-18/h5-6,9,19-20H,4,7-8,10H2,1-3H3. The van der Waals surface area contributed by atoms with Crippen LogP contribution in [0.1, 0.15) is 38.7 Å². The Morgan fingerprint density at radius 1 is 1.30 bits per heavy atom. The minimum Gasteiger partial charge on any atom is -0.466 e. The number of hydrogen-bond donors (Lipinski definition) is 2. The molecule has 0 radical (unpaired) electrons. The number of ketones is 1. The summed E-state index contributed by atoms with van der Waals surface area (Å²) >= 11 is 0. The van der Waals surface area contributed by atoms with E-state index in [0.717, 1.165) is 22.6 Å². The first-order valence-corrected chi connectivity index (χ1v) is 8.01. The van der Waals surface area contributed by atoms with Gasteiger partial charge in [-0.15, -0.1) is 0 Å². The zero-order valence-corrected chi connectivity index (χ0v) is 13.8. The van der Waals surface area contributed by atoms with Crippen molar-refractivity contribution in [1.29, 1.82) is 0 Å². The number of hydrogen-bond acceptors (Lipinski definition) is 5. The number of Topliss-reactive ketones (excluding diaryl/α,β-unsaturated/α-hetero) is 1. The maximum absolute atomic E-state index is 12.4. The van der Waals surface area contributed by atoms with E-state index in [9.17, 15) is 9.59 Å². The Balaban J connectivity index is 2.05. The molecule has 0 fully saturated rings. The number of carbonyl (C=O) groups is 2. The molecule has 0 spiro atoms. The van der Waals surface area contributed by atoms with Crippen molar-refractivity contribution in [2.45, 2.75) is 45.6 Å². The lowest BCUT2D eigenvalue weighted by atomic mass is 9.86. The molecular weight excluding hydrogens is 292 g/mol. The topological polar surface area (TPSA) is 67.4 Å². The predicted octanol–water partition coefficient (Wildman–Crippen LogP) is 3.16. The number of anilines is 2. The molecule has 0 bridgehead atoms. The smallest absolute Gasteiger partial charge is 0.308 e. The van der Waals surface area contributed by atoms with Crippen LogP contribution in [0.2, 0.25) is 0 Å². The second kappa shape index (κ2) is 5.72. The van der Waals surface area contributed by atoms with Crippen LogP contribution in [0.15, 0.2) is 29.5 Å². The van der Waals surface area contributed by atoms with Gasteiger partial charge in [0.15, 0.2) is 5.78 Å². The fraction of sp³-hybridized carbons (Fsp3) is 0.444. The maximum Gasteiger partial charge on any atom is 0.308 e. The summed E-state index contributed by atoms with van der Waals surface area (Å²) in [6.07, 6.45) is 1.29. The van der Waals surface area contributed by atoms with Crippen molar-refractivity contribution < 1.29 is 14.3 Å². The van der Waals surface area contributed by atoms with Gasteiger partial charge in [0.2, 0.25) is 0 Å². The highest BCUT2D eigenvalue weighted by Crippen LogP contribution is 2.42. The lowest BCUT2D eigenvalue weighted by molar-refractivity contribution is -0.143. The fourth-order valence-electron chi connectivity index (χ4n) is 3.45. The summed E-state index contributed by atoms with van der Waals surface area (Å²) in [5, 5.41) is 6.81. The average Bonchev–Trinajstić information content (AvgIpc) is 2.77. The Morgan fingerprint density at radius 3 is 2.83 bits per heavy atom. The Hall–Kier alpha value is -2.30. The van der Waals surface area contributed by atoms with E-state index >= 15 is 0 Å². The summed E-state index contributed by atoms with van der Waals surface area (Å²) in [7, 11) is 0. The molecule has 2 aliphatic rings. The zero-order valence-electron chi connectivity index (χ0n) is 13.8. The van der Waals surface area contributed by atoms with Gasteiger partial charge in [-0.1, -0.05) is 6.07 Å². The van der Waals surface area contributed by atoms with Crippen LogP contribution >= 0.6 is 0 Å². The van der Waals surface area contributed by atoms with Gasteiger partial charge in [-0.05, 0) is 44.9 Å². The Morgan fingerprint density at radius 2 is 2.09 bits per heavy atom. The van der Waals surface area contributed by atoms with Gasteiger partial charge >= 0.3 is 5.97 Å². The van der Waals surface area contributed by atoms with Crippen LogP contribution in [-0.4, -0.2) is 23.9 Å². The van der Waals surface area contributed by atoms with E-state index in [2.05, 4.69) is 10.6 Å². The highest BCUT2D eigenvalue weighted by atomic mass is 16.5. The number of fused-ring (bicyclic) bond motifs is 1. The Kier molecular flexibility index (Phi) is 3.88. The van der Waals surface area contributed by atoms with Crippen LogP contribution in [0.4, 0.5) is 11.4 Å². The average molecular weight is 314 g/mol. The van der Waals surface area contributed by atoms with Gasteiger partial charge in [0.1, 0.15) is 0 Å². The molecule has 2 N–H and O–H groups in total. The van der Waals surface area contributed by atoms with E-state index in [-0.39, 0.29) is 18.2 Å². The van der Waals surface area contributed by atoms with Crippen molar-refractivity contribution in [3.63, 3.8) is 0 Å². The largest absolute Gasteiger partial charge is 0.466 e. The summed E-state index contributed by atoms with van der Waals surface area (Å²) in [5.74, 6) is -0.207. The highest BCUT2D eigenvalue weighted by Gasteiger charge is 2.42. The van der Waals surface area contributed by atoms with E-state index in [1.54, 1.807) is 6.92 Å². The molecule has 0 aromatic heterocycles. The molecule has 23 heavy (non-hydrogen) atoms.